The van der Waals surface area contributed by atoms with E-state index in [9.17, 15) is 9.59 Å². The minimum Gasteiger partial charge on any atom is -0.489 e. The molecule has 1 amide bonds. The van der Waals surface area contributed by atoms with Crippen LogP contribution in [0.4, 0.5) is 0 Å². The van der Waals surface area contributed by atoms with Gasteiger partial charge in [0, 0.05) is 11.6 Å². The van der Waals surface area contributed by atoms with Crippen molar-refractivity contribution in [2.45, 2.75) is 26.5 Å². The van der Waals surface area contributed by atoms with Crippen molar-refractivity contribution in [1.29, 1.82) is 0 Å². The van der Waals surface area contributed by atoms with E-state index in [1.165, 1.54) is 12.0 Å². The molecule has 0 unspecified atom stereocenters. The minimum atomic E-state index is -0.435. The maximum absolute atomic E-state index is 12.6. The second-order valence-electron chi connectivity index (χ2n) is 5.90. The van der Waals surface area contributed by atoms with Gasteiger partial charge in [-0.2, -0.15) is 0 Å². The van der Waals surface area contributed by atoms with Gasteiger partial charge < -0.3 is 14.4 Å². The van der Waals surface area contributed by atoms with Gasteiger partial charge in [-0.05, 0) is 43.7 Å². The van der Waals surface area contributed by atoms with Gasteiger partial charge in [0.05, 0.1) is 7.11 Å². The number of nitrogens with zero attached hydrogens (tertiary/aromatic N) is 1. The van der Waals surface area contributed by atoms with Gasteiger partial charge in [0.1, 0.15) is 18.9 Å². The molecule has 0 N–H and O–H groups in total. The maximum atomic E-state index is 12.6. The lowest BCUT2D eigenvalue weighted by atomic mass is 10.1. The zero-order valence-corrected chi connectivity index (χ0v) is 14.8. The van der Waals surface area contributed by atoms with E-state index in [0.717, 1.165) is 11.3 Å². The summed E-state index contributed by atoms with van der Waals surface area (Å²) in [7, 11) is 1.31. The van der Waals surface area contributed by atoms with Crippen molar-refractivity contribution in [2.75, 3.05) is 13.7 Å². The van der Waals surface area contributed by atoms with Gasteiger partial charge >= 0.3 is 5.97 Å². The number of esters is 1. The molecular weight excluding hydrogens is 318 g/mol. The molecule has 0 aromatic heterocycles. The number of para-hydroxylation sites is 1. The van der Waals surface area contributed by atoms with Crippen LogP contribution in [-0.2, 0) is 16.1 Å². The van der Waals surface area contributed by atoms with Gasteiger partial charge in [-0.15, -0.1) is 0 Å². The summed E-state index contributed by atoms with van der Waals surface area (Å²) in [5.41, 5.74) is 1.49. The highest BCUT2D eigenvalue weighted by molar-refractivity contribution is 5.96. The summed E-state index contributed by atoms with van der Waals surface area (Å²) in [5.74, 6) is 0.164. The van der Waals surface area contributed by atoms with Crippen molar-refractivity contribution >= 4 is 11.9 Å². The molecule has 0 fully saturated rings. The molecular formula is C20H23NO4. The number of amides is 1. The Hall–Kier alpha value is -2.82. The molecule has 25 heavy (non-hydrogen) atoms. The van der Waals surface area contributed by atoms with E-state index in [-0.39, 0.29) is 18.5 Å². The highest BCUT2D eigenvalue weighted by Gasteiger charge is 2.21. The molecule has 0 aliphatic rings. The van der Waals surface area contributed by atoms with Gasteiger partial charge in [0.25, 0.3) is 5.91 Å². The number of methoxy groups -OCH3 is 1. The zero-order valence-electron chi connectivity index (χ0n) is 14.8. The van der Waals surface area contributed by atoms with E-state index in [0.29, 0.717) is 12.2 Å². The molecule has 5 heteroatoms. The Morgan fingerprint density at radius 3 is 2.20 bits per heavy atom. The molecule has 0 saturated heterocycles. The van der Waals surface area contributed by atoms with Gasteiger partial charge in [0.2, 0.25) is 0 Å². The SMILES string of the molecule is COC(=O)CN(C(=O)c1ccc(COc2ccccc2)cc1)C(C)C. The second-order valence-corrected chi connectivity index (χ2v) is 5.90. The van der Waals surface area contributed by atoms with Crippen molar-refractivity contribution in [2.24, 2.45) is 0 Å². The van der Waals surface area contributed by atoms with Crippen LogP contribution >= 0.6 is 0 Å². The highest BCUT2D eigenvalue weighted by Crippen LogP contribution is 2.14. The minimum absolute atomic E-state index is 0.0636. The molecule has 132 valence electrons. The first-order valence-electron chi connectivity index (χ1n) is 8.16. The molecule has 2 aromatic rings. The third kappa shape index (κ3) is 5.35. The van der Waals surface area contributed by atoms with Crippen LogP contribution in [0, 0.1) is 0 Å². The zero-order chi connectivity index (χ0) is 18.2. The molecule has 0 radical (unpaired) electrons. The van der Waals surface area contributed by atoms with Crippen LogP contribution in [-0.4, -0.2) is 36.5 Å². The van der Waals surface area contributed by atoms with E-state index in [4.69, 9.17) is 4.74 Å². The molecule has 0 aliphatic carbocycles. The largest absolute Gasteiger partial charge is 0.489 e. The number of benzene rings is 2. The molecule has 0 atom stereocenters. The Morgan fingerprint density at radius 1 is 1.00 bits per heavy atom. The van der Waals surface area contributed by atoms with Crippen LogP contribution in [0.3, 0.4) is 0 Å². The number of hydrogen-bond donors (Lipinski definition) is 0. The highest BCUT2D eigenvalue weighted by atomic mass is 16.5. The summed E-state index contributed by atoms with van der Waals surface area (Å²) in [6.07, 6.45) is 0. The smallest absolute Gasteiger partial charge is 0.325 e. The molecule has 0 aliphatic heterocycles. The Bertz CT molecular complexity index is 695. The van der Waals surface area contributed by atoms with E-state index in [1.54, 1.807) is 12.1 Å². The Balaban J connectivity index is 2.02. The summed E-state index contributed by atoms with van der Waals surface area (Å²) in [6, 6.07) is 16.7. The molecule has 0 spiro atoms. The van der Waals surface area contributed by atoms with Crippen molar-refractivity contribution in [3.8, 4) is 5.75 Å². The standard InChI is InChI=1S/C20H23NO4/c1-15(2)21(13-19(22)24-3)20(23)17-11-9-16(10-12-17)14-25-18-7-5-4-6-8-18/h4-12,15H,13-14H2,1-3H3. The van der Waals surface area contributed by atoms with Crippen molar-refractivity contribution in [3.63, 3.8) is 0 Å². The summed E-state index contributed by atoms with van der Waals surface area (Å²) < 4.78 is 10.3. The molecule has 2 aromatic carbocycles. The lowest BCUT2D eigenvalue weighted by Gasteiger charge is -2.25. The fourth-order valence-electron chi connectivity index (χ4n) is 2.29. The summed E-state index contributed by atoms with van der Waals surface area (Å²) >= 11 is 0. The summed E-state index contributed by atoms with van der Waals surface area (Å²) in [6.45, 7) is 4.09. The summed E-state index contributed by atoms with van der Waals surface area (Å²) in [4.78, 5) is 25.6. The Labute approximate surface area is 148 Å². The van der Waals surface area contributed by atoms with E-state index in [1.807, 2.05) is 56.3 Å². The fourth-order valence-corrected chi connectivity index (χ4v) is 2.29. The fraction of sp³-hybridized carbons (Fsp3) is 0.300. The Kier molecular flexibility index (Phi) is 6.57. The van der Waals surface area contributed by atoms with Crippen molar-refractivity contribution in [1.82, 2.24) is 4.90 Å². The van der Waals surface area contributed by atoms with Gasteiger partial charge in [-0.1, -0.05) is 30.3 Å². The van der Waals surface area contributed by atoms with Gasteiger partial charge in [-0.25, -0.2) is 0 Å². The van der Waals surface area contributed by atoms with Crippen molar-refractivity contribution in [3.05, 3.63) is 65.7 Å². The van der Waals surface area contributed by atoms with E-state index in [2.05, 4.69) is 4.74 Å². The molecule has 0 heterocycles. The number of carbonyl (C=O) groups is 2. The quantitative estimate of drug-likeness (QED) is 0.725. The molecule has 0 saturated carbocycles. The first-order chi connectivity index (χ1) is 12.0. The number of rotatable bonds is 7. The van der Waals surface area contributed by atoms with Gasteiger partial charge in [0.15, 0.2) is 0 Å². The van der Waals surface area contributed by atoms with Gasteiger partial charge in [-0.3, -0.25) is 9.59 Å². The molecule has 5 nitrogen and oxygen atoms in total. The second kappa shape index (κ2) is 8.87. The van der Waals surface area contributed by atoms with E-state index < -0.39 is 5.97 Å². The lowest BCUT2D eigenvalue weighted by molar-refractivity contribution is -0.141. The van der Waals surface area contributed by atoms with Crippen LogP contribution < -0.4 is 4.74 Å². The lowest BCUT2D eigenvalue weighted by Crippen LogP contribution is -2.41. The molecule has 2 rings (SSSR count). The normalized spacial score (nSPS) is 10.4. The average molecular weight is 341 g/mol. The van der Waals surface area contributed by atoms with Crippen LogP contribution in [0.1, 0.15) is 29.8 Å². The van der Waals surface area contributed by atoms with Crippen LogP contribution in [0.25, 0.3) is 0 Å². The maximum Gasteiger partial charge on any atom is 0.325 e. The van der Waals surface area contributed by atoms with Crippen LogP contribution in [0.5, 0.6) is 5.75 Å². The average Bonchev–Trinajstić information content (AvgIpc) is 2.64. The third-order valence-corrected chi connectivity index (χ3v) is 3.76. The summed E-state index contributed by atoms with van der Waals surface area (Å²) in [5, 5.41) is 0. The third-order valence-electron chi connectivity index (χ3n) is 3.76. The number of hydrogen-bond acceptors (Lipinski definition) is 4. The predicted octanol–water partition coefficient (Wildman–Crippen LogP) is 3.29. The first kappa shape index (κ1) is 18.5. The molecule has 0 bridgehead atoms. The van der Waals surface area contributed by atoms with Crippen LogP contribution in [0.15, 0.2) is 54.6 Å². The Morgan fingerprint density at radius 2 is 1.64 bits per heavy atom. The first-order valence-corrected chi connectivity index (χ1v) is 8.16. The van der Waals surface area contributed by atoms with Crippen molar-refractivity contribution < 1.29 is 19.1 Å². The number of ether oxygens (including phenoxy) is 2. The van der Waals surface area contributed by atoms with E-state index >= 15 is 0 Å². The predicted molar refractivity (Wildman–Crippen MR) is 95.4 cm³/mol. The monoisotopic (exact) mass is 341 g/mol. The topological polar surface area (TPSA) is 55.8 Å². The van der Waals surface area contributed by atoms with Crippen LogP contribution in [0.2, 0.25) is 0 Å². The number of carbonyl (C=O) groups excluding carboxylic acids is 2.